The lowest BCUT2D eigenvalue weighted by Gasteiger charge is -2.31. The van der Waals surface area contributed by atoms with Crippen molar-refractivity contribution in [3.8, 4) is 0 Å². The molecule has 0 unspecified atom stereocenters. The Morgan fingerprint density at radius 1 is 1.15 bits per heavy atom. The van der Waals surface area contributed by atoms with Crippen LogP contribution in [0.1, 0.15) is 84.8 Å². The molecule has 5 N–H and O–H groups in total. The van der Waals surface area contributed by atoms with Crippen LogP contribution in [-0.4, -0.2) is 40.1 Å². The molecule has 7 heteroatoms. The Balaban J connectivity index is 1.98. The summed E-state index contributed by atoms with van der Waals surface area (Å²) in [6, 6.07) is 4.58. The number of rotatable bonds is 13. The van der Waals surface area contributed by atoms with E-state index in [0.29, 0.717) is 18.9 Å². The molecule has 7 nitrogen and oxygen atoms in total. The number of hydrogen-bond acceptors (Lipinski definition) is 5. The third-order valence-corrected chi connectivity index (χ3v) is 7.42. The molecule has 1 aliphatic carbocycles. The van der Waals surface area contributed by atoms with E-state index in [-0.39, 0.29) is 29.7 Å². The van der Waals surface area contributed by atoms with Crippen LogP contribution in [0.5, 0.6) is 0 Å². The molecule has 0 aliphatic heterocycles. The van der Waals surface area contributed by atoms with E-state index in [2.05, 4.69) is 15.6 Å². The SMILES string of the molecule is CC[C@H](C)[C@H](NC(=O)[C@H](C[C@H](O)[C@@H](N)CC1CCCCC1)C(C)C)C(=O)NCc1ccccn1. The number of carbonyl (C=O) groups is 2. The van der Waals surface area contributed by atoms with Crippen LogP contribution in [0.3, 0.4) is 0 Å². The summed E-state index contributed by atoms with van der Waals surface area (Å²) in [6.07, 6.45) is 8.94. The van der Waals surface area contributed by atoms with Crippen LogP contribution in [0.2, 0.25) is 0 Å². The highest BCUT2D eigenvalue weighted by atomic mass is 16.3. The van der Waals surface area contributed by atoms with Gasteiger partial charge in [0.15, 0.2) is 0 Å². The zero-order valence-corrected chi connectivity index (χ0v) is 21.5. The molecular formula is C27H46N4O3. The van der Waals surface area contributed by atoms with Gasteiger partial charge in [-0.15, -0.1) is 0 Å². The summed E-state index contributed by atoms with van der Waals surface area (Å²) >= 11 is 0. The first-order chi connectivity index (χ1) is 16.2. The van der Waals surface area contributed by atoms with E-state index in [9.17, 15) is 14.7 Å². The predicted molar refractivity (Wildman–Crippen MR) is 136 cm³/mol. The minimum absolute atomic E-state index is 0.0192. The van der Waals surface area contributed by atoms with Gasteiger partial charge < -0.3 is 21.5 Å². The number of nitrogens with zero attached hydrogens (tertiary/aromatic N) is 1. The summed E-state index contributed by atoms with van der Waals surface area (Å²) in [7, 11) is 0. The van der Waals surface area contributed by atoms with Crippen molar-refractivity contribution in [1.82, 2.24) is 15.6 Å². The van der Waals surface area contributed by atoms with Crippen LogP contribution in [0.4, 0.5) is 0 Å². The zero-order valence-electron chi connectivity index (χ0n) is 21.5. The number of aromatic nitrogens is 1. The number of nitrogens with two attached hydrogens (primary N) is 1. The maximum atomic E-state index is 13.3. The third-order valence-electron chi connectivity index (χ3n) is 7.42. The monoisotopic (exact) mass is 474 g/mol. The van der Waals surface area contributed by atoms with Crippen molar-refractivity contribution in [2.45, 2.75) is 104 Å². The molecule has 34 heavy (non-hydrogen) atoms. The topological polar surface area (TPSA) is 117 Å². The molecule has 1 fully saturated rings. The molecule has 192 valence electrons. The average Bonchev–Trinajstić information content (AvgIpc) is 2.84. The number of aliphatic hydroxyl groups is 1. The van der Waals surface area contributed by atoms with Crippen LogP contribution < -0.4 is 16.4 Å². The van der Waals surface area contributed by atoms with Gasteiger partial charge in [-0.25, -0.2) is 0 Å². The number of aliphatic hydroxyl groups excluding tert-OH is 1. The fourth-order valence-corrected chi connectivity index (χ4v) is 4.83. The molecule has 0 bridgehead atoms. The highest BCUT2D eigenvalue weighted by Crippen LogP contribution is 2.29. The van der Waals surface area contributed by atoms with Gasteiger partial charge in [0.25, 0.3) is 0 Å². The summed E-state index contributed by atoms with van der Waals surface area (Å²) in [5.41, 5.74) is 7.12. The van der Waals surface area contributed by atoms with Gasteiger partial charge in [0.1, 0.15) is 6.04 Å². The number of hydrogen-bond donors (Lipinski definition) is 4. The summed E-state index contributed by atoms with van der Waals surface area (Å²) in [6.45, 7) is 8.23. The van der Waals surface area contributed by atoms with Crippen molar-refractivity contribution < 1.29 is 14.7 Å². The molecule has 1 aliphatic rings. The van der Waals surface area contributed by atoms with Crippen LogP contribution in [0.25, 0.3) is 0 Å². The van der Waals surface area contributed by atoms with Crippen LogP contribution in [-0.2, 0) is 16.1 Å². The Kier molecular flexibility index (Phi) is 12.0. The minimum Gasteiger partial charge on any atom is -0.391 e. The molecule has 0 radical (unpaired) electrons. The maximum absolute atomic E-state index is 13.3. The van der Waals surface area contributed by atoms with E-state index in [1.165, 1.54) is 32.1 Å². The molecule has 1 saturated carbocycles. The van der Waals surface area contributed by atoms with E-state index in [4.69, 9.17) is 5.73 Å². The normalized spacial score (nSPS) is 19.1. The van der Waals surface area contributed by atoms with Gasteiger partial charge in [-0.1, -0.05) is 72.3 Å². The minimum atomic E-state index is -0.736. The Morgan fingerprint density at radius 2 is 1.85 bits per heavy atom. The molecule has 1 heterocycles. The second kappa shape index (κ2) is 14.4. The standard InChI is InChI=1S/C27H46N4O3/c1-5-19(4)25(27(34)30-17-21-13-9-10-14-29-21)31-26(33)22(18(2)3)16-24(32)23(28)15-20-11-7-6-8-12-20/h9-10,13-14,18-20,22-25,32H,5-8,11-12,15-17,28H2,1-4H3,(H,30,34)(H,31,33)/t19-,22+,23-,24-,25-/m0/s1. The second-order valence-corrected chi connectivity index (χ2v) is 10.5. The molecule has 2 amide bonds. The number of nitrogens with one attached hydrogen (secondary N) is 2. The molecule has 1 aromatic rings. The van der Waals surface area contributed by atoms with Gasteiger partial charge in [0, 0.05) is 18.2 Å². The summed E-state index contributed by atoms with van der Waals surface area (Å²) in [5, 5.41) is 16.7. The van der Waals surface area contributed by atoms with E-state index in [0.717, 1.165) is 18.5 Å². The fraction of sp³-hybridized carbons (Fsp3) is 0.741. The number of carbonyl (C=O) groups excluding carboxylic acids is 2. The van der Waals surface area contributed by atoms with E-state index < -0.39 is 18.1 Å². The van der Waals surface area contributed by atoms with Crippen LogP contribution >= 0.6 is 0 Å². The van der Waals surface area contributed by atoms with Crippen molar-refractivity contribution in [1.29, 1.82) is 0 Å². The largest absolute Gasteiger partial charge is 0.391 e. The zero-order chi connectivity index (χ0) is 25.1. The number of pyridine rings is 1. The molecular weight excluding hydrogens is 428 g/mol. The van der Waals surface area contributed by atoms with Crippen LogP contribution in [0.15, 0.2) is 24.4 Å². The molecule has 2 rings (SSSR count). The maximum Gasteiger partial charge on any atom is 0.243 e. The van der Waals surface area contributed by atoms with Crippen molar-refractivity contribution in [2.75, 3.05) is 0 Å². The average molecular weight is 475 g/mol. The summed E-state index contributed by atoms with van der Waals surface area (Å²) in [4.78, 5) is 30.5. The van der Waals surface area contributed by atoms with Crippen LogP contribution in [0, 0.1) is 23.7 Å². The third kappa shape index (κ3) is 8.99. The molecule has 0 spiro atoms. The lowest BCUT2D eigenvalue weighted by Crippen LogP contribution is -2.52. The first-order valence-corrected chi connectivity index (χ1v) is 13.1. The van der Waals surface area contributed by atoms with Gasteiger partial charge in [-0.05, 0) is 42.7 Å². The highest BCUT2D eigenvalue weighted by Gasteiger charge is 2.33. The first kappa shape index (κ1) is 28.2. The Bertz CT molecular complexity index is 737. The fourth-order valence-electron chi connectivity index (χ4n) is 4.83. The smallest absolute Gasteiger partial charge is 0.243 e. The van der Waals surface area contributed by atoms with Gasteiger partial charge >= 0.3 is 0 Å². The lowest BCUT2D eigenvalue weighted by atomic mass is 9.81. The van der Waals surface area contributed by atoms with Gasteiger partial charge in [-0.2, -0.15) is 0 Å². The molecule has 5 atom stereocenters. The van der Waals surface area contributed by atoms with Crippen molar-refractivity contribution in [3.05, 3.63) is 30.1 Å². The Morgan fingerprint density at radius 3 is 2.44 bits per heavy atom. The molecule has 0 saturated heterocycles. The van der Waals surface area contributed by atoms with Gasteiger partial charge in [-0.3, -0.25) is 14.6 Å². The van der Waals surface area contributed by atoms with E-state index >= 15 is 0 Å². The first-order valence-electron chi connectivity index (χ1n) is 13.1. The quantitative estimate of drug-likeness (QED) is 0.349. The summed E-state index contributed by atoms with van der Waals surface area (Å²) < 4.78 is 0. The molecule has 0 aromatic carbocycles. The Labute approximate surface area is 205 Å². The lowest BCUT2D eigenvalue weighted by molar-refractivity contribution is -0.134. The van der Waals surface area contributed by atoms with Gasteiger partial charge in [0.05, 0.1) is 18.3 Å². The highest BCUT2D eigenvalue weighted by molar-refractivity contribution is 5.88. The van der Waals surface area contributed by atoms with Crippen molar-refractivity contribution in [2.24, 2.45) is 29.4 Å². The molecule has 1 aromatic heterocycles. The van der Waals surface area contributed by atoms with E-state index in [1.807, 2.05) is 45.9 Å². The predicted octanol–water partition coefficient (Wildman–Crippen LogP) is 3.55. The number of amides is 2. The van der Waals surface area contributed by atoms with Gasteiger partial charge in [0.2, 0.25) is 11.8 Å². The van der Waals surface area contributed by atoms with Crippen molar-refractivity contribution >= 4 is 11.8 Å². The van der Waals surface area contributed by atoms with Crippen molar-refractivity contribution in [3.63, 3.8) is 0 Å². The Hall–Kier alpha value is -1.99. The second-order valence-electron chi connectivity index (χ2n) is 10.5. The van der Waals surface area contributed by atoms with E-state index in [1.54, 1.807) is 6.20 Å². The summed E-state index contributed by atoms with van der Waals surface area (Å²) in [5.74, 6) is -0.267.